The van der Waals surface area contributed by atoms with E-state index in [1.165, 1.54) is 30.0 Å². The van der Waals surface area contributed by atoms with Gasteiger partial charge in [-0.2, -0.15) is 5.10 Å². The van der Waals surface area contributed by atoms with Gasteiger partial charge in [-0.05, 0) is 42.0 Å². The maximum atomic E-state index is 15.2. The summed E-state index contributed by atoms with van der Waals surface area (Å²) in [6, 6.07) is 11.3. The number of aromatic nitrogens is 4. The first-order chi connectivity index (χ1) is 14.9. The lowest BCUT2D eigenvalue weighted by molar-refractivity contribution is -0.384. The Hall–Kier alpha value is -3.46. The van der Waals surface area contributed by atoms with Crippen molar-refractivity contribution in [1.82, 2.24) is 19.3 Å². The zero-order valence-corrected chi connectivity index (χ0v) is 18.0. The van der Waals surface area contributed by atoms with Crippen molar-refractivity contribution < 1.29 is 9.31 Å². The van der Waals surface area contributed by atoms with E-state index in [2.05, 4.69) is 10.1 Å². The predicted molar refractivity (Wildman–Crippen MR) is 119 cm³/mol. The lowest BCUT2D eigenvalue weighted by Crippen LogP contribution is -2.04. The van der Waals surface area contributed by atoms with Crippen LogP contribution in [-0.4, -0.2) is 30.5 Å². The van der Waals surface area contributed by atoms with Gasteiger partial charge < -0.3 is 4.57 Å². The number of non-ortho nitro benzene ring substituents is 1. The van der Waals surface area contributed by atoms with E-state index < -0.39 is 4.92 Å². The summed E-state index contributed by atoms with van der Waals surface area (Å²) in [4.78, 5) is 14.8. The molecule has 7 nitrogen and oxygen atoms in total. The molecule has 158 valence electrons. The summed E-state index contributed by atoms with van der Waals surface area (Å²) in [6.07, 6.45) is 6.98. The summed E-state index contributed by atoms with van der Waals surface area (Å²) < 4.78 is 18.5. The van der Waals surface area contributed by atoms with Crippen molar-refractivity contribution in [1.29, 1.82) is 0 Å². The maximum absolute atomic E-state index is 15.2. The van der Waals surface area contributed by atoms with Crippen LogP contribution in [0, 0.1) is 15.9 Å². The molecule has 0 saturated carbocycles. The van der Waals surface area contributed by atoms with Crippen LogP contribution in [0.15, 0.2) is 66.2 Å². The molecule has 2 aromatic heterocycles. The van der Waals surface area contributed by atoms with Gasteiger partial charge in [-0.3, -0.25) is 10.1 Å². The third kappa shape index (κ3) is 3.84. The molecule has 2 aromatic carbocycles. The van der Waals surface area contributed by atoms with Gasteiger partial charge in [0.15, 0.2) is 0 Å². The number of nitrogens with zero attached hydrogens (tertiary/aromatic N) is 5. The minimum atomic E-state index is -0.449. The summed E-state index contributed by atoms with van der Waals surface area (Å²) in [7, 11) is 0. The Balaban J connectivity index is 1.99. The van der Waals surface area contributed by atoms with Crippen molar-refractivity contribution in [2.45, 2.75) is 24.8 Å². The molecule has 0 radical (unpaired) electrons. The predicted octanol–water partition coefficient (Wildman–Crippen LogP) is 5.62. The Bertz CT molecular complexity index is 1230. The molecule has 0 atom stereocenters. The van der Waals surface area contributed by atoms with Crippen LogP contribution >= 0.6 is 11.8 Å². The largest absolute Gasteiger partial charge is 0.302 e. The van der Waals surface area contributed by atoms with Gasteiger partial charge in [0.2, 0.25) is 0 Å². The van der Waals surface area contributed by atoms with Crippen LogP contribution in [0.3, 0.4) is 0 Å². The standard InChI is InChI=1S/C22H20FN5O2S/c1-14(2)16-6-9-19(18(23)12-16)27-20(15-4-7-17(8-5-15)28(29)30)21(22(25-27)31-3)26-11-10-24-13-26/h4-14H,1-3H3. The fourth-order valence-corrected chi connectivity index (χ4v) is 3.94. The summed E-state index contributed by atoms with van der Waals surface area (Å²) in [5.41, 5.74) is 3.20. The number of benzene rings is 2. The van der Waals surface area contributed by atoms with Gasteiger partial charge in [-0.25, -0.2) is 14.1 Å². The van der Waals surface area contributed by atoms with E-state index in [1.54, 1.807) is 41.6 Å². The average molecular weight is 438 g/mol. The summed E-state index contributed by atoms with van der Waals surface area (Å²) in [6.45, 7) is 4.02. The molecule has 0 bridgehead atoms. The molecular formula is C22H20FN5O2S. The lowest BCUT2D eigenvalue weighted by atomic mass is 10.0. The Labute approximate surface area is 182 Å². The Morgan fingerprint density at radius 1 is 1.16 bits per heavy atom. The van der Waals surface area contributed by atoms with Gasteiger partial charge in [0.25, 0.3) is 5.69 Å². The van der Waals surface area contributed by atoms with E-state index in [-0.39, 0.29) is 17.4 Å². The van der Waals surface area contributed by atoms with E-state index in [0.29, 0.717) is 22.0 Å². The van der Waals surface area contributed by atoms with E-state index in [4.69, 9.17) is 0 Å². The maximum Gasteiger partial charge on any atom is 0.269 e. The highest BCUT2D eigenvalue weighted by Crippen LogP contribution is 2.37. The van der Waals surface area contributed by atoms with Gasteiger partial charge in [0.05, 0.1) is 16.9 Å². The quantitative estimate of drug-likeness (QED) is 0.222. The zero-order valence-electron chi connectivity index (χ0n) is 17.2. The molecule has 0 spiro atoms. The highest BCUT2D eigenvalue weighted by atomic mass is 32.2. The van der Waals surface area contributed by atoms with Gasteiger partial charge in [0.1, 0.15) is 22.2 Å². The van der Waals surface area contributed by atoms with Gasteiger partial charge >= 0.3 is 0 Å². The second kappa shape index (κ2) is 8.35. The smallest absolute Gasteiger partial charge is 0.269 e. The highest BCUT2D eigenvalue weighted by Gasteiger charge is 2.24. The molecule has 0 unspecified atom stereocenters. The van der Waals surface area contributed by atoms with Crippen LogP contribution in [-0.2, 0) is 0 Å². The molecule has 9 heteroatoms. The minimum absolute atomic E-state index is 0.0171. The molecule has 0 fully saturated rings. The van der Waals surface area contributed by atoms with Crippen LogP contribution in [0.2, 0.25) is 0 Å². The monoisotopic (exact) mass is 437 g/mol. The molecule has 0 saturated heterocycles. The average Bonchev–Trinajstić information content (AvgIpc) is 3.41. The van der Waals surface area contributed by atoms with Crippen LogP contribution < -0.4 is 0 Å². The fraction of sp³-hybridized carbons (Fsp3) is 0.182. The third-order valence-electron chi connectivity index (χ3n) is 5.00. The van der Waals surface area contributed by atoms with E-state index in [1.807, 2.05) is 30.7 Å². The molecule has 0 aliphatic carbocycles. The molecule has 0 aliphatic rings. The first kappa shape index (κ1) is 20.8. The summed E-state index contributed by atoms with van der Waals surface area (Å²) in [5.74, 6) is -0.194. The SMILES string of the molecule is CSc1nn(-c2ccc(C(C)C)cc2F)c(-c2ccc([N+](=O)[O-])cc2)c1-n1ccnc1. The van der Waals surface area contributed by atoms with E-state index in [9.17, 15) is 10.1 Å². The van der Waals surface area contributed by atoms with Crippen LogP contribution in [0.5, 0.6) is 0 Å². The van der Waals surface area contributed by atoms with Crippen LogP contribution in [0.1, 0.15) is 25.3 Å². The van der Waals surface area contributed by atoms with Crippen molar-refractivity contribution in [3.05, 3.63) is 82.7 Å². The third-order valence-corrected chi connectivity index (χ3v) is 5.67. The second-order valence-electron chi connectivity index (χ2n) is 7.26. The number of imidazole rings is 1. The Morgan fingerprint density at radius 3 is 2.45 bits per heavy atom. The lowest BCUT2D eigenvalue weighted by Gasteiger charge is -2.13. The molecule has 0 N–H and O–H groups in total. The second-order valence-corrected chi connectivity index (χ2v) is 8.05. The van der Waals surface area contributed by atoms with Gasteiger partial charge in [-0.15, -0.1) is 11.8 Å². The number of nitro benzene ring substituents is 1. The number of hydrogen-bond donors (Lipinski definition) is 0. The summed E-state index contributed by atoms with van der Waals surface area (Å²) in [5, 5.41) is 16.5. The van der Waals surface area contributed by atoms with Crippen molar-refractivity contribution in [3.63, 3.8) is 0 Å². The van der Waals surface area contributed by atoms with E-state index >= 15 is 4.39 Å². The molecule has 0 amide bonds. The van der Waals surface area contributed by atoms with Crippen LogP contribution in [0.25, 0.3) is 22.6 Å². The molecule has 0 aliphatic heterocycles. The topological polar surface area (TPSA) is 78.8 Å². The van der Waals surface area contributed by atoms with Gasteiger partial charge in [-0.1, -0.05) is 19.9 Å². The fourth-order valence-electron chi connectivity index (χ4n) is 3.38. The molecule has 4 aromatic rings. The molecule has 31 heavy (non-hydrogen) atoms. The van der Waals surface area contributed by atoms with Gasteiger partial charge in [0, 0.05) is 30.1 Å². The Kier molecular flexibility index (Phi) is 5.60. The zero-order chi connectivity index (χ0) is 22.1. The first-order valence-corrected chi connectivity index (χ1v) is 10.8. The number of halogens is 1. The Morgan fingerprint density at radius 2 is 1.90 bits per heavy atom. The molecular weight excluding hydrogens is 417 g/mol. The minimum Gasteiger partial charge on any atom is -0.302 e. The highest BCUT2D eigenvalue weighted by molar-refractivity contribution is 7.98. The number of rotatable bonds is 6. The van der Waals surface area contributed by atoms with Crippen molar-refractivity contribution in [2.24, 2.45) is 0 Å². The number of thioether (sulfide) groups is 1. The normalized spacial score (nSPS) is 11.3. The first-order valence-electron chi connectivity index (χ1n) is 9.60. The van der Waals surface area contributed by atoms with E-state index in [0.717, 1.165) is 11.3 Å². The van der Waals surface area contributed by atoms with Crippen molar-refractivity contribution >= 4 is 17.4 Å². The summed E-state index contributed by atoms with van der Waals surface area (Å²) >= 11 is 1.43. The van der Waals surface area contributed by atoms with Crippen molar-refractivity contribution in [2.75, 3.05) is 6.26 Å². The number of hydrogen-bond acceptors (Lipinski definition) is 5. The van der Waals surface area contributed by atoms with Crippen molar-refractivity contribution in [3.8, 4) is 22.6 Å². The number of nitro groups is 1. The van der Waals surface area contributed by atoms with Crippen LogP contribution in [0.4, 0.5) is 10.1 Å². The molecule has 4 rings (SSSR count). The molecule has 2 heterocycles.